The molecule has 3 saturated carbocycles. The van der Waals surface area contributed by atoms with Gasteiger partial charge in [-0.1, -0.05) is 18.6 Å². The molecule has 0 radical (unpaired) electrons. The summed E-state index contributed by atoms with van der Waals surface area (Å²) in [5.74, 6) is 1.79. The second-order valence-corrected chi connectivity index (χ2v) is 9.95. The van der Waals surface area contributed by atoms with Crippen molar-refractivity contribution in [1.82, 2.24) is 0 Å². The predicted octanol–water partition coefficient (Wildman–Crippen LogP) is 3.64. The minimum atomic E-state index is -0.282. The topological polar surface area (TPSA) is 72.8 Å². The van der Waals surface area contributed by atoms with Crippen LogP contribution in [0, 0.1) is 34.5 Å². The molecule has 0 aliphatic heterocycles. The summed E-state index contributed by atoms with van der Waals surface area (Å²) in [5, 5.41) is 10.4. The minimum absolute atomic E-state index is 0.00232. The first-order valence-corrected chi connectivity index (χ1v) is 11.0. The summed E-state index contributed by atoms with van der Waals surface area (Å²) >= 11 is 0. The molecule has 1 N–H and O–H groups in total. The number of fused-ring (bicyclic) bond motifs is 5. The van der Waals surface area contributed by atoms with Crippen molar-refractivity contribution in [2.75, 3.05) is 6.61 Å². The lowest BCUT2D eigenvalue weighted by atomic mass is 9.45. The summed E-state index contributed by atoms with van der Waals surface area (Å²) in [6.45, 7) is 5.95. The molecule has 0 bridgehead atoms. The number of aliphatic hydroxyl groups is 1. The Bertz CT molecular complexity index is 643. The lowest BCUT2D eigenvalue weighted by Crippen LogP contribution is -2.55. The van der Waals surface area contributed by atoms with Gasteiger partial charge in [0.1, 0.15) is 6.10 Å². The van der Waals surface area contributed by atoms with Crippen LogP contribution in [0.4, 0.5) is 0 Å². The number of ether oxygens (including phenoxy) is 2. The van der Waals surface area contributed by atoms with E-state index in [0.29, 0.717) is 43.2 Å². The highest BCUT2D eigenvalue weighted by molar-refractivity contribution is 5.38. The molecule has 0 spiro atoms. The van der Waals surface area contributed by atoms with Gasteiger partial charge in [-0.3, -0.25) is 9.59 Å². The van der Waals surface area contributed by atoms with E-state index in [1.165, 1.54) is 0 Å². The van der Waals surface area contributed by atoms with Gasteiger partial charge in [-0.15, -0.1) is 0 Å². The molecule has 0 heterocycles. The zero-order valence-corrected chi connectivity index (χ0v) is 17.1. The van der Waals surface area contributed by atoms with E-state index in [1.807, 2.05) is 6.92 Å². The van der Waals surface area contributed by atoms with Crippen LogP contribution in [0.25, 0.3) is 0 Å². The molecule has 0 aromatic carbocycles. The van der Waals surface area contributed by atoms with Crippen molar-refractivity contribution in [3.63, 3.8) is 0 Å². The summed E-state index contributed by atoms with van der Waals surface area (Å²) in [6, 6.07) is 0. The molecule has 0 aromatic heterocycles. The van der Waals surface area contributed by atoms with Crippen LogP contribution in [0.3, 0.4) is 0 Å². The van der Waals surface area contributed by atoms with Crippen LogP contribution in [0.15, 0.2) is 11.6 Å². The first-order valence-electron chi connectivity index (χ1n) is 11.0. The summed E-state index contributed by atoms with van der Waals surface area (Å²) in [5.41, 5.74) is 1.66. The monoisotopic (exact) mass is 390 g/mol. The van der Waals surface area contributed by atoms with Crippen molar-refractivity contribution in [2.45, 2.75) is 77.4 Å². The molecule has 5 nitrogen and oxygen atoms in total. The molecule has 5 heteroatoms. The van der Waals surface area contributed by atoms with E-state index in [0.717, 1.165) is 51.4 Å². The van der Waals surface area contributed by atoms with Gasteiger partial charge in [-0.2, -0.15) is 0 Å². The van der Waals surface area contributed by atoms with Gasteiger partial charge in [0, 0.05) is 5.41 Å². The largest absolute Gasteiger partial charge is 0.467 e. The third-order valence-electron chi connectivity index (χ3n) is 9.04. The van der Waals surface area contributed by atoms with Crippen LogP contribution in [0.5, 0.6) is 0 Å². The van der Waals surface area contributed by atoms with E-state index in [2.05, 4.69) is 13.0 Å². The van der Waals surface area contributed by atoms with Gasteiger partial charge in [0.15, 0.2) is 0 Å². The molecule has 28 heavy (non-hydrogen) atoms. The van der Waals surface area contributed by atoms with Crippen LogP contribution >= 0.6 is 0 Å². The second-order valence-electron chi connectivity index (χ2n) is 9.95. The Labute approximate surface area is 167 Å². The SMILES string of the molecule is CC(O)[C@H]1CC=C2[C@@H]3CC[C@H]4C[C@@H](OC=O)CC[C@]4(COC=O)[C@H]3CC[C@@]21C. The Morgan fingerprint density at radius 1 is 1.21 bits per heavy atom. The Balaban J connectivity index is 1.62. The number of aliphatic hydroxyl groups excluding tert-OH is 1. The Morgan fingerprint density at radius 2 is 2.04 bits per heavy atom. The molecule has 1 unspecified atom stereocenters. The van der Waals surface area contributed by atoms with Crippen molar-refractivity contribution in [1.29, 1.82) is 0 Å². The molecule has 8 atom stereocenters. The van der Waals surface area contributed by atoms with E-state index in [4.69, 9.17) is 9.47 Å². The van der Waals surface area contributed by atoms with Crippen LogP contribution < -0.4 is 0 Å². The van der Waals surface area contributed by atoms with Gasteiger partial charge in [-0.05, 0) is 87.4 Å². The summed E-state index contributed by atoms with van der Waals surface area (Å²) in [6.07, 6.45) is 10.3. The maximum Gasteiger partial charge on any atom is 0.293 e. The number of rotatable bonds is 6. The van der Waals surface area contributed by atoms with Crippen molar-refractivity contribution in [2.24, 2.45) is 34.5 Å². The lowest BCUT2D eigenvalue weighted by Gasteiger charge is -2.60. The van der Waals surface area contributed by atoms with Gasteiger partial charge >= 0.3 is 0 Å². The highest BCUT2D eigenvalue weighted by Gasteiger charge is 2.60. The number of allylic oxidation sites excluding steroid dienone is 2. The standard InChI is InChI=1S/C23H34O5/c1-15(26)19-5-6-20-18-4-3-16-11-17(28-14-25)7-10-23(16,12-27-13-24)21(18)8-9-22(19,20)2/h6,13-19,21,26H,3-5,7-12H2,1-2H3/t15?,16-,17-,18-,19+,21-,22+,23+/m0/s1. The predicted molar refractivity (Wildman–Crippen MR) is 104 cm³/mol. The lowest BCUT2D eigenvalue weighted by molar-refractivity contribution is -0.159. The van der Waals surface area contributed by atoms with Gasteiger partial charge in [0.2, 0.25) is 0 Å². The molecule has 4 aliphatic rings. The molecule has 0 saturated heterocycles. The molecule has 4 aliphatic carbocycles. The number of carbonyl (C=O) groups is 2. The highest BCUT2D eigenvalue weighted by Crippen LogP contribution is 2.66. The van der Waals surface area contributed by atoms with Crippen molar-refractivity contribution < 1.29 is 24.2 Å². The van der Waals surface area contributed by atoms with E-state index in [-0.39, 0.29) is 23.0 Å². The summed E-state index contributed by atoms with van der Waals surface area (Å²) in [7, 11) is 0. The van der Waals surface area contributed by atoms with E-state index >= 15 is 0 Å². The maximum absolute atomic E-state index is 11.1. The third-order valence-corrected chi connectivity index (χ3v) is 9.04. The smallest absolute Gasteiger partial charge is 0.293 e. The minimum Gasteiger partial charge on any atom is -0.467 e. The maximum atomic E-state index is 11.1. The zero-order chi connectivity index (χ0) is 19.9. The molecule has 156 valence electrons. The van der Waals surface area contributed by atoms with Gasteiger partial charge < -0.3 is 14.6 Å². The fourth-order valence-electron chi connectivity index (χ4n) is 7.78. The Morgan fingerprint density at radius 3 is 2.75 bits per heavy atom. The Hall–Kier alpha value is -1.36. The molecule has 4 rings (SSSR count). The van der Waals surface area contributed by atoms with Crippen LogP contribution in [0.1, 0.15) is 65.2 Å². The summed E-state index contributed by atoms with van der Waals surface area (Å²) in [4.78, 5) is 21.9. The fraction of sp³-hybridized carbons (Fsp3) is 0.826. The Kier molecular flexibility index (Phi) is 5.32. The molecule has 0 amide bonds. The molecular formula is C23H34O5. The molecule has 3 fully saturated rings. The fourth-order valence-corrected chi connectivity index (χ4v) is 7.78. The normalized spacial score (nSPS) is 45.7. The molecule has 0 aromatic rings. The number of hydrogen-bond acceptors (Lipinski definition) is 5. The average Bonchev–Trinajstić information content (AvgIpc) is 3.04. The zero-order valence-electron chi connectivity index (χ0n) is 17.1. The third kappa shape index (κ3) is 2.92. The number of hydrogen-bond donors (Lipinski definition) is 1. The quantitative estimate of drug-likeness (QED) is 0.554. The highest BCUT2D eigenvalue weighted by atomic mass is 16.5. The van der Waals surface area contributed by atoms with Gasteiger partial charge in [0.25, 0.3) is 12.9 Å². The van der Waals surface area contributed by atoms with Crippen LogP contribution in [-0.4, -0.2) is 36.9 Å². The van der Waals surface area contributed by atoms with Gasteiger partial charge in [-0.25, -0.2) is 0 Å². The molecular weight excluding hydrogens is 356 g/mol. The van der Waals surface area contributed by atoms with Crippen molar-refractivity contribution >= 4 is 12.9 Å². The summed E-state index contributed by atoms with van der Waals surface area (Å²) < 4.78 is 10.7. The van der Waals surface area contributed by atoms with E-state index in [1.54, 1.807) is 5.57 Å². The first-order chi connectivity index (χ1) is 13.5. The van der Waals surface area contributed by atoms with E-state index < -0.39 is 0 Å². The van der Waals surface area contributed by atoms with Gasteiger partial charge in [0.05, 0.1) is 12.7 Å². The van der Waals surface area contributed by atoms with Crippen molar-refractivity contribution in [3.05, 3.63) is 11.6 Å². The van der Waals surface area contributed by atoms with Crippen LogP contribution in [0.2, 0.25) is 0 Å². The van der Waals surface area contributed by atoms with Crippen LogP contribution in [-0.2, 0) is 19.1 Å². The second kappa shape index (κ2) is 7.47. The first kappa shape index (κ1) is 19.9. The number of carbonyl (C=O) groups excluding carboxylic acids is 2. The van der Waals surface area contributed by atoms with Crippen molar-refractivity contribution in [3.8, 4) is 0 Å². The average molecular weight is 391 g/mol. The van der Waals surface area contributed by atoms with E-state index in [9.17, 15) is 14.7 Å².